The fourth-order valence-corrected chi connectivity index (χ4v) is 3.66. The van der Waals surface area contributed by atoms with Crippen LogP contribution in [0.4, 0.5) is 10.1 Å². The van der Waals surface area contributed by atoms with Gasteiger partial charge in [-0.3, -0.25) is 14.9 Å². The molecule has 0 atom stereocenters. The van der Waals surface area contributed by atoms with Gasteiger partial charge in [0.1, 0.15) is 5.82 Å². The molecular formula is C22H25ClFN3O3. The number of amides is 2. The van der Waals surface area contributed by atoms with Gasteiger partial charge in [0.15, 0.2) is 0 Å². The van der Waals surface area contributed by atoms with Crippen LogP contribution in [0.2, 0.25) is 5.02 Å². The number of nitrogens with one attached hydrogen (secondary N) is 3. The number of anilines is 1. The normalized spacial score (nSPS) is 15.4. The summed E-state index contributed by atoms with van der Waals surface area (Å²) in [5.74, 6) is -0.950. The lowest BCUT2D eigenvalue weighted by molar-refractivity contribution is -0.124. The van der Waals surface area contributed by atoms with Gasteiger partial charge in [-0.1, -0.05) is 29.8 Å². The van der Waals surface area contributed by atoms with Gasteiger partial charge < -0.3 is 15.4 Å². The molecule has 0 unspecified atom stereocenters. The van der Waals surface area contributed by atoms with E-state index in [-0.39, 0.29) is 30.7 Å². The lowest BCUT2D eigenvalue weighted by Gasteiger charge is -2.38. The van der Waals surface area contributed by atoms with Crippen LogP contribution in [-0.2, 0) is 19.9 Å². The average Bonchev–Trinajstić information content (AvgIpc) is 2.75. The third-order valence-electron chi connectivity index (χ3n) is 5.32. The fourth-order valence-electron chi connectivity index (χ4n) is 3.48. The fraction of sp³-hybridized carbons (Fsp3) is 0.364. The number of hydrogen-bond acceptors (Lipinski definition) is 4. The largest absolute Gasteiger partial charge is 0.381 e. The Bertz CT molecular complexity index is 899. The number of ether oxygens (including phenoxy) is 1. The predicted octanol–water partition coefficient (Wildman–Crippen LogP) is 3.14. The average molecular weight is 434 g/mol. The Morgan fingerprint density at radius 3 is 2.47 bits per heavy atom. The Balaban J connectivity index is 1.54. The van der Waals surface area contributed by atoms with Crippen LogP contribution < -0.4 is 16.0 Å². The molecule has 0 aromatic heterocycles. The Morgan fingerprint density at radius 2 is 1.77 bits per heavy atom. The molecule has 8 heteroatoms. The lowest BCUT2D eigenvalue weighted by Crippen LogP contribution is -2.50. The third kappa shape index (κ3) is 5.56. The van der Waals surface area contributed by atoms with E-state index in [1.807, 2.05) is 6.92 Å². The van der Waals surface area contributed by atoms with Gasteiger partial charge in [0.2, 0.25) is 11.8 Å². The quantitative estimate of drug-likeness (QED) is 0.626. The highest BCUT2D eigenvalue weighted by molar-refractivity contribution is 6.31. The molecule has 2 aromatic rings. The number of carbonyl (C=O) groups excluding carboxylic acids is 2. The summed E-state index contributed by atoms with van der Waals surface area (Å²) in [6.07, 6.45) is 1.33. The SMILES string of the molecule is Cc1c(Cl)cccc1NC(=O)CNC(=O)CNC1(c2ccc(F)cc2)CCOCC1. The van der Waals surface area contributed by atoms with Gasteiger partial charge in [-0.05, 0) is 55.2 Å². The summed E-state index contributed by atoms with van der Waals surface area (Å²) in [5, 5.41) is 9.21. The Hall–Kier alpha value is -2.48. The van der Waals surface area contributed by atoms with E-state index in [9.17, 15) is 14.0 Å². The van der Waals surface area contributed by atoms with Crippen LogP contribution in [-0.4, -0.2) is 38.1 Å². The molecule has 1 aliphatic rings. The molecule has 3 N–H and O–H groups in total. The first kappa shape index (κ1) is 22.2. The second-order valence-electron chi connectivity index (χ2n) is 7.29. The van der Waals surface area contributed by atoms with Crippen molar-refractivity contribution in [3.05, 3.63) is 64.4 Å². The lowest BCUT2D eigenvalue weighted by atomic mass is 9.82. The van der Waals surface area contributed by atoms with Crippen LogP contribution in [0.15, 0.2) is 42.5 Å². The van der Waals surface area contributed by atoms with Crippen molar-refractivity contribution in [1.29, 1.82) is 0 Å². The van der Waals surface area contributed by atoms with Crippen molar-refractivity contribution < 1.29 is 18.7 Å². The van der Waals surface area contributed by atoms with Crippen LogP contribution in [0.1, 0.15) is 24.0 Å². The maximum absolute atomic E-state index is 13.3. The molecule has 1 saturated heterocycles. The zero-order valence-electron chi connectivity index (χ0n) is 16.8. The molecule has 1 fully saturated rings. The van der Waals surface area contributed by atoms with Gasteiger partial charge in [-0.15, -0.1) is 0 Å². The highest BCUT2D eigenvalue weighted by atomic mass is 35.5. The van der Waals surface area contributed by atoms with E-state index < -0.39 is 5.54 Å². The number of rotatable bonds is 7. The van der Waals surface area contributed by atoms with Crippen LogP contribution in [0.3, 0.4) is 0 Å². The molecule has 30 heavy (non-hydrogen) atoms. The van der Waals surface area contributed by atoms with E-state index in [0.29, 0.717) is 36.8 Å². The second kappa shape index (κ2) is 10.0. The van der Waals surface area contributed by atoms with E-state index in [1.54, 1.807) is 30.3 Å². The van der Waals surface area contributed by atoms with Gasteiger partial charge in [0, 0.05) is 29.5 Å². The zero-order valence-corrected chi connectivity index (χ0v) is 17.5. The highest BCUT2D eigenvalue weighted by Crippen LogP contribution is 2.32. The Labute approximate surface area is 180 Å². The summed E-state index contributed by atoms with van der Waals surface area (Å²) in [7, 11) is 0. The van der Waals surface area contributed by atoms with Crippen molar-refractivity contribution in [2.45, 2.75) is 25.3 Å². The van der Waals surface area contributed by atoms with E-state index in [0.717, 1.165) is 11.1 Å². The summed E-state index contributed by atoms with van der Waals surface area (Å²) in [6, 6.07) is 11.5. The number of carbonyl (C=O) groups is 2. The van der Waals surface area contributed by atoms with Crippen molar-refractivity contribution >= 4 is 29.1 Å². The molecule has 2 aromatic carbocycles. The maximum Gasteiger partial charge on any atom is 0.243 e. The Kier molecular flexibility index (Phi) is 7.42. The molecule has 2 amide bonds. The minimum absolute atomic E-state index is 0.0286. The van der Waals surface area contributed by atoms with Gasteiger partial charge in [-0.25, -0.2) is 4.39 Å². The van der Waals surface area contributed by atoms with Crippen molar-refractivity contribution in [3.63, 3.8) is 0 Å². The molecule has 0 aliphatic carbocycles. The van der Waals surface area contributed by atoms with Crippen molar-refractivity contribution in [3.8, 4) is 0 Å². The first-order chi connectivity index (χ1) is 14.4. The number of hydrogen-bond donors (Lipinski definition) is 3. The highest BCUT2D eigenvalue weighted by Gasteiger charge is 2.34. The monoisotopic (exact) mass is 433 g/mol. The summed E-state index contributed by atoms with van der Waals surface area (Å²) in [6.45, 7) is 2.78. The molecular weight excluding hydrogens is 409 g/mol. The van der Waals surface area contributed by atoms with Gasteiger partial charge >= 0.3 is 0 Å². The number of halogens is 2. The summed E-state index contributed by atoms with van der Waals surface area (Å²) in [5.41, 5.74) is 1.82. The van der Waals surface area contributed by atoms with Gasteiger partial charge in [0.05, 0.1) is 13.1 Å². The predicted molar refractivity (Wildman–Crippen MR) is 114 cm³/mol. The molecule has 6 nitrogen and oxygen atoms in total. The maximum atomic E-state index is 13.3. The first-order valence-corrected chi connectivity index (χ1v) is 10.2. The van der Waals surface area contributed by atoms with E-state index in [4.69, 9.17) is 16.3 Å². The summed E-state index contributed by atoms with van der Waals surface area (Å²) >= 11 is 6.05. The summed E-state index contributed by atoms with van der Waals surface area (Å²) < 4.78 is 18.8. The molecule has 0 spiro atoms. The molecule has 1 aliphatic heterocycles. The topological polar surface area (TPSA) is 79.5 Å². The smallest absolute Gasteiger partial charge is 0.243 e. The minimum Gasteiger partial charge on any atom is -0.381 e. The van der Waals surface area contributed by atoms with Crippen molar-refractivity contribution in [2.24, 2.45) is 0 Å². The second-order valence-corrected chi connectivity index (χ2v) is 7.70. The van der Waals surface area contributed by atoms with E-state index in [1.165, 1.54) is 12.1 Å². The third-order valence-corrected chi connectivity index (χ3v) is 5.73. The van der Waals surface area contributed by atoms with Crippen LogP contribution in [0, 0.1) is 12.7 Å². The van der Waals surface area contributed by atoms with Crippen LogP contribution in [0.5, 0.6) is 0 Å². The molecule has 0 saturated carbocycles. The van der Waals surface area contributed by atoms with Crippen molar-refractivity contribution in [2.75, 3.05) is 31.6 Å². The van der Waals surface area contributed by atoms with Crippen LogP contribution in [0.25, 0.3) is 0 Å². The number of benzene rings is 2. The van der Waals surface area contributed by atoms with Crippen LogP contribution >= 0.6 is 11.6 Å². The van der Waals surface area contributed by atoms with Gasteiger partial charge in [-0.2, -0.15) is 0 Å². The summed E-state index contributed by atoms with van der Waals surface area (Å²) in [4.78, 5) is 24.5. The minimum atomic E-state index is -0.469. The molecule has 160 valence electrons. The van der Waals surface area contributed by atoms with E-state index >= 15 is 0 Å². The first-order valence-electron chi connectivity index (χ1n) is 9.80. The zero-order chi connectivity index (χ0) is 21.6. The standard InChI is InChI=1S/C22H25ClFN3O3/c1-15-18(23)3-2-4-19(15)27-21(29)13-25-20(28)14-26-22(9-11-30-12-10-22)16-5-7-17(24)8-6-16/h2-8,26H,9-14H2,1H3,(H,25,28)(H,27,29). The molecule has 0 radical (unpaired) electrons. The molecule has 1 heterocycles. The van der Waals surface area contributed by atoms with E-state index in [2.05, 4.69) is 16.0 Å². The van der Waals surface area contributed by atoms with Gasteiger partial charge in [0.25, 0.3) is 0 Å². The molecule has 0 bridgehead atoms. The Morgan fingerprint density at radius 1 is 1.07 bits per heavy atom. The molecule has 3 rings (SSSR count). The van der Waals surface area contributed by atoms with Crippen molar-refractivity contribution in [1.82, 2.24) is 10.6 Å².